The number of hydrogen-bond acceptors (Lipinski definition) is 6. The number of aliphatic imine (C=N–C) groups is 2. The number of nitrogens with zero attached hydrogens (tertiary/aromatic N) is 2. The van der Waals surface area contributed by atoms with Gasteiger partial charge in [0.15, 0.2) is 11.6 Å². The van der Waals surface area contributed by atoms with Crippen molar-refractivity contribution in [3.8, 4) is 0 Å². The largest absolute Gasteiger partial charge is 0.511 e. The van der Waals surface area contributed by atoms with E-state index in [1.165, 1.54) is 0 Å². The van der Waals surface area contributed by atoms with Crippen LogP contribution in [0.5, 0.6) is 0 Å². The second-order valence-corrected chi connectivity index (χ2v) is 11.4. The van der Waals surface area contributed by atoms with Gasteiger partial charge < -0.3 is 10.2 Å². The molecule has 0 radical (unpaired) electrons. The number of aliphatic hydroxyl groups is 2. The van der Waals surface area contributed by atoms with E-state index in [9.17, 15) is 19.8 Å². The molecule has 2 rings (SSSR count). The highest BCUT2D eigenvalue weighted by atomic mass is 16.3. The lowest BCUT2D eigenvalue weighted by atomic mass is 9.72. The Morgan fingerprint density at radius 3 is 1.31 bits per heavy atom. The van der Waals surface area contributed by atoms with Crippen LogP contribution < -0.4 is 0 Å². The van der Waals surface area contributed by atoms with Crippen molar-refractivity contribution < 1.29 is 19.8 Å². The van der Waals surface area contributed by atoms with E-state index in [4.69, 9.17) is 0 Å². The van der Waals surface area contributed by atoms with Crippen LogP contribution in [-0.4, -0.2) is 45.3 Å². The normalized spacial score (nSPS) is 26.9. The molecule has 2 fully saturated rings. The number of allylic oxidation sites excluding steroid dienone is 4. The standard InChI is InChI=1S/C26H40N2O4/c1-15(2)27-17-11-25(5,6)13-21(31)23(17)19(29)9-10-20(30)24-18(28-16(3)4)12-26(7,8)14-22(24)32/h15-16,29-30H,9-14H2,1-8H3/b23-19+,24-20+,27-17?,28-18?. The monoisotopic (exact) mass is 444 g/mol. The molecule has 0 aromatic heterocycles. The molecular formula is C26H40N2O4. The van der Waals surface area contributed by atoms with Crippen molar-refractivity contribution in [2.45, 2.75) is 106 Å². The summed E-state index contributed by atoms with van der Waals surface area (Å²) in [5, 5.41) is 21.7. The van der Waals surface area contributed by atoms with Gasteiger partial charge >= 0.3 is 0 Å². The number of Topliss-reactive ketones (excluding diaryl/α,β-unsaturated/α-hetero) is 2. The quantitative estimate of drug-likeness (QED) is 0.409. The van der Waals surface area contributed by atoms with Crippen LogP contribution in [0, 0.1) is 10.8 Å². The van der Waals surface area contributed by atoms with Gasteiger partial charge in [-0.3, -0.25) is 19.6 Å². The van der Waals surface area contributed by atoms with Crippen LogP contribution in [0.25, 0.3) is 0 Å². The molecule has 2 N–H and O–H groups in total. The molecule has 0 aromatic carbocycles. The first-order valence-electron chi connectivity index (χ1n) is 11.7. The average molecular weight is 445 g/mol. The molecule has 0 spiro atoms. The molecule has 6 nitrogen and oxygen atoms in total. The molecule has 0 unspecified atom stereocenters. The van der Waals surface area contributed by atoms with Crippen LogP contribution in [0.1, 0.15) is 93.9 Å². The minimum atomic E-state index is -0.206. The van der Waals surface area contributed by atoms with E-state index < -0.39 is 0 Å². The summed E-state index contributed by atoms with van der Waals surface area (Å²) in [7, 11) is 0. The van der Waals surface area contributed by atoms with E-state index >= 15 is 0 Å². The minimum absolute atomic E-state index is 0.00281. The lowest BCUT2D eigenvalue weighted by Gasteiger charge is -2.32. The van der Waals surface area contributed by atoms with Crippen LogP contribution in [0.2, 0.25) is 0 Å². The van der Waals surface area contributed by atoms with Crippen LogP contribution in [0.4, 0.5) is 0 Å². The van der Waals surface area contributed by atoms with Crippen LogP contribution in [0.15, 0.2) is 32.6 Å². The molecule has 32 heavy (non-hydrogen) atoms. The van der Waals surface area contributed by atoms with Crippen LogP contribution in [0.3, 0.4) is 0 Å². The molecule has 0 saturated heterocycles. The van der Waals surface area contributed by atoms with E-state index in [-0.39, 0.29) is 70.0 Å². The van der Waals surface area contributed by atoms with Crippen molar-refractivity contribution in [2.24, 2.45) is 20.8 Å². The maximum absolute atomic E-state index is 12.8. The first kappa shape index (κ1) is 26.0. The number of carbonyl (C=O) groups excluding carboxylic acids is 2. The summed E-state index contributed by atoms with van der Waals surface area (Å²) >= 11 is 0. The summed E-state index contributed by atoms with van der Waals surface area (Å²) in [6, 6.07) is 0.00563. The molecule has 0 atom stereocenters. The fraction of sp³-hybridized carbons (Fsp3) is 0.692. The molecule has 6 heteroatoms. The Balaban J connectivity index is 2.37. The summed E-state index contributed by atoms with van der Waals surface area (Å²) in [5.41, 5.74) is 1.41. The second-order valence-electron chi connectivity index (χ2n) is 11.4. The molecule has 0 heterocycles. The Hall–Kier alpha value is -2.24. The van der Waals surface area contributed by atoms with Gasteiger partial charge in [0.05, 0.1) is 11.1 Å². The summed E-state index contributed by atoms with van der Waals surface area (Å²) in [4.78, 5) is 34.9. The summed E-state index contributed by atoms with van der Waals surface area (Å²) in [6.45, 7) is 15.9. The fourth-order valence-electron chi connectivity index (χ4n) is 4.56. The number of carbonyl (C=O) groups is 2. The molecular weight excluding hydrogens is 404 g/mol. The highest BCUT2D eigenvalue weighted by Gasteiger charge is 2.38. The van der Waals surface area contributed by atoms with Gasteiger partial charge in [0.1, 0.15) is 11.5 Å². The average Bonchev–Trinajstić information content (AvgIpc) is 2.55. The van der Waals surface area contributed by atoms with Crippen molar-refractivity contribution in [1.29, 1.82) is 0 Å². The zero-order chi connectivity index (χ0) is 24.4. The van der Waals surface area contributed by atoms with Crippen LogP contribution in [-0.2, 0) is 9.59 Å². The lowest BCUT2D eigenvalue weighted by Crippen LogP contribution is -2.33. The van der Waals surface area contributed by atoms with Crippen molar-refractivity contribution in [2.75, 3.05) is 0 Å². The van der Waals surface area contributed by atoms with Gasteiger partial charge in [0.2, 0.25) is 0 Å². The third-order valence-corrected chi connectivity index (χ3v) is 5.71. The summed E-state index contributed by atoms with van der Waals surface area (Å²) < 4.78 is 0. The summed E-state index contributed by atoms with van der Waals surface area (Å²) in [6.07, 6.45) is 2.05. The molecule has 178 valence electrons. The van der Waals surface area contributed by atoms with E-state index in [0.717, 1.165) is 0 Å². The number of ketones is 2. The predicted molar refractivity (Wildman–Crippen MR) is 130 cm³/mol. The molecule has 2 aliphatic carbocycles. The highest BCUT2D eigenvalue weighted by Crippen LogP contribution is 2.38. The van der Waals surface area contributed by atoms with Gasteiger partial charge in [0, 0.05) is 49.2 Å². The number of rotatable bonds is 5. The van der Waals surface area contributed by atoms with Gasteiger partial charge in [0.25, 0.3) is 0 Å². The van der Waals surface area contributed by atoms with Gasteiger partial charge in [-0.25, -0.2) is 0 Å². The topological polar surface area (TPSA) is 99.3 Å². The Kier molecular flexibility index (Phi) is 7.90. The maximum Gasteiger partial charge on any atom is 0.168 e. The van der Waals surface area contributed by atoms with E-state index in [1.54, 1.807) is 0 Å². The predicted octanol–water partition coefficient (Wildman–Crippen LogP) is 5.87. The van der Waals surface area contributed by atoms with Gasteiger partial charge in [-0.15, -0.1) is 0 Å². The van der Waals surface area contributed by atoms with E-state index in [2.05, 4.69) is 9.98 Å². The molecule has 0 amide bonds. The molecule has 2 saturated carbocycles. The Bertz CT molecular complexity index is 825. The van der Waals surface area contributed by atoms with Crippen molar-refractivity contribution in [3.05, 3.63) is 22.7 Å². The van der Waals surface area contributed by atoms with Gasteiger partial charge in [-0.2, -0.15) is 0 Å². The van der Waals surface area contributed by atoms with E-state index in [0.29, 0.717) is 37.1 Å². The Labute approximate surface area is 192 Å². The Morgan fingerprint density at radius 2 is 1.03 bits per heavy atom. The number of aliphatic hydroxyl groups excluding tert-OH is 2. The molecule has 2 aliphatic rings. The first-order chi connectivity index (χ1) is 14.6. The first-order valence-corrected chi connectivity index (χ1v) is 11.7. The van der Waals surface area contributed by atoms with Crippen molar-refractivity contribution in [3.63, 3.8) is 0 Å². The highest BCUT2D eigenvalue weighted by molar-refractivity contribution is 6.25. The smallest absolute Gasteiger partial charge is 0.168 e. The maximum atomic E-state index is 12.8. The zero-order valence-electron chi connectivity index (χ0n) is 21.0. The lowest BCUT2D eigenvalue weighted by molar-refractivity contribution is -0.118. The fourth-order valence-corrected chi connectivity index (χ4v) is 4.56. The van der Waals surface area contributed by atoms with Gasteiger partial charge in [-0.1, -0.05) is 27.7 Å². The second kappa shape index (κ2) is 9.72. The molecule has 0 aromatic rings. The van der Waals surface area contributed by atoms with E-state index in [1.807, 2.05) is 55.4 Å². The minimum Gasteiger partial charge on any atom is -0.511 e. The molecule has 0 aliphatic heterocycles. The third-order valence-electron chi connectivity index (χ3n) is 5.71. The molecule has 0 bridgehead atoms. The van der Waals surface area contributed by atoms with Crippen molar-refractivity contribution >= 4 is 23.0 Å². The third kappa shape index (κ3) is 6.63. The SMILES string of the molecule is CC(C)N=C1CC(C)(C)CC(=O)/C1=C(/O)CC/C(O)=C1\C(=O)CC(C)(C)CC1=NC(C)C. The van der Waals surface area contributed by atoms with Crippen molar-refractivity contribution in [1.82, 2.24) is 0 Å². The zero-order valence-corrected chi connectivity index (χ0v) is 21.0. The number of hydrogen-bond donors (Lipinski definition) is 2. The van der Waals surface area contributed by atoms with Gasteiger partial charge in [-0.05, 0) is 51.4 Å². The van der Waals surface area contributed by atoms with Crippen LogP contribution >= 0.6 is 0 Å². The summed E-state index contributed by atoms with van der Waals surface area (Å²) in [5.74, 6) is -0.378. The Morgan fingerprint density at radius 1 is 0.719 bits per heavy atom.